The first kappa shape index (κ1) is 17.1. The van der Waals surface area contributed by atoms with E-state index in [-0.39, 0.29) is 5.92 Å². The molecule has 1 aromatic carbocycles. The summed E-state index contributed by atoms with van der Waals surface area (Å²) in [5.41, 5.74) is 4.06. The highest BCUT2D eigenvalue weighted by atomic mass is 16.2. The fourth-order valence-electron chi connectivity index (χ4n) is 5.01. The molecule has 4 rings (SSSR count). The first-order valence-electron chi connectivity index (χ1n) is 10.4. The number of benzene rings is 1. The number of piperidine rings is 1. The fraction of sp³-hybridized carbons (Fsp3) is 0.682. The van der Waals surface area contributed by atoms with Crippen LogP contribution in [0.1, 0.15) is 62.5 Å². The summed E-state index contributed by atoms with van der Waals surface area (Å²) >= 11 is 0. The summed E-state index contributed by atoms with van der Waals surface area (Å²) in [5, 5.41) is 3.52. The van der Waals surface area contributed by atoms with Crippen molar-refractivity contribution in [2.75, 3.05) is 24.5 Å². The highest BCUT2D eigenvalue weighted by Crippen LogP contribution is 2.33. The van der Waals surface area contributed by atoms with Crippen LogP contribution in [0.3, 0.4) is 0 Å². The Labute approximate surface area is 152 Å². The fourth-order valence-corrected chi connectivity index (χ4v) is 5.01. The molecule has 136 valence electrons. The molecule has 0 spiro atoms. The summed E-state index contributed by atoms with van der Waals surface area (Å²) in [6.07, 6.45) is 12.0. The summed E-state index contributed by atoms with van der Waals surface area (Å²) in [7, 11) is 0. The predicted octanol–water partition coefficient (Wildman–Crippen LogP) is 4.09. The predicted molar refractivity (Wildman–Crippen MR) is 103 cm³/mol. The van der Waals surface area contributed by atoms with Crippen molar-refractivity contribution >= 4 is 11.6 Å². The molecule has 0 bridgehead atoms. The molecule has 1 aromatic rings. The molecule has 0 aromatic heterocycles. The zero-order valence-corrected chi connectivity index (χ0v) is 15.4. The van der Waals surface area contributed by atoms with Gasteiger partial charge in [0, 0.05) is 18.2 Å². The standard InChI is InChI=1S/C22H32N2O/c25-22(19-7-2-1-3-8-19)24-13-5-9-20-15-17(10-11-21(20)24)14-18-6-4-12-23-16-18/h10-11,15,18-19,23H,1-9,12-14,16H2. The monoisotopic (exact) mass is 340 g/mol. The summed E-state index contributed by atoms with van der Waals surface area (Å²) in [6.45, 7) is 3.25. The Kier molecular flexibility index (Phi) is 5.40. The lowest BCUT2D eigenvalue weighted by Gasteiger charge is -2.34. The molecule has 3 nitrogen and oxygen atoms in total. The van der Waals surface area contributed by atoms with E-state index in [1.807, 2.05) is 0 Å². The van der Waals surface area contributed by atoms with E-state index >= 15 is 0 Å². The van der Waals surface area contributed by atoms with Gasteiger partial charge in [-0.05, 0) is 81.1 Å². The highest BCUT2D eigenvalue weighted by Gasteiger charge is 2.29. The normalized spacial score (nSPS) is 24.8. The minimum atomic E-state index is 0.271. The maximum atomic E-state index is 13.0. The van der Waals surface area contributed by atoms with Crippen molar-refractivity contribution in [3.05, 3.63) is 29.3 Å². The van der Waals surface area contributed by atoms with Crippen LogP contribution >= 0.6 is 0 Å². The van der Waals surface area contributed by atoms with E-state index in [4.69, 9.17) is 0 Å². The maximum absolute atomic E-state index is 13.0. The molecular formula is C22H32N2O. The molecule has 1 unspecified atom stereocenters. The van der Waals surface area contributed by atoms with Gasteiger partial charge in [-0.2, -0.15) is 0 Å². The first-order valence-corrected chi connectivity index (χ1v) is 10.4. The minimum Gasteiger partial charge on any atom is -0.316 e. The zero-order valence-electron chi connectivity index (χ0n) is 15.4. The summed E-state index contributed by atoms with van der Waals surface area (Å²) in [5.74, 6) is 1.44. The molecule has 1 saturated heterocycles. The quantitative estimate of drug-likeness (QED) is 0.899. The van der Waals surface area contributed by atoms with Crippen LogP contribution in [0.15, 0.2) is 18.2 Å². The van der Waals surface area contributed by atoms with Crippen molar-refractivity contribution in [1.82, 2.24) is 5.32 Å². The largest absolute Gasteiger partial charge is 0.316 e. The van der Waals surface area contributed by atoms with Crippen LogP contribution < -0.4 is 10.2 Å². The molecule has 1 amide bonds. The number of carbonyl (C=O) groups is 1. The number of hydrogen-bond donors (Lipinski definition) is 1. The van der Waals surface area contributed by atoms with Crippen LogP contribution in [0.25, 0.3) is 0 Å². The summed E-state index contributed by atoms with van der Waals surface area (Å²) in [6, 6.07) is 6.91. The van der Waals surface area contributed by atoms with Crippen molar-refractivity contribution in [3.8, 4) is 0 Å². The SMILES string of the molecule is O=C(C1CCCCC1)N1CCCc2cc(CC3CCCNC3)ccc21. The van der Waals surface area contributed by atoms with Crippen LogP contribution in [0.4, 0.5) is 5.69 Å². The number of hydrogen-bond acceptors (Lipinski definition) is 2. The molecule has 3 aliphatic rings. The zero-order chi connectivity index (χ0) is 17.1. The molecule has 0 radical (unpaired) electrons. The lowest BCUT2D eigenvalue weighted by molar-refractivity contribution is -0.123. The van der Waals surface area contributed by atoms with E-state index in [0.717, 1.165) is 44.7 Å². The molecule has 3 heteroatoms. The van der Waals surface area contributed by atoms with E-state index < -0.39 is 0 Å². The highest BCUT2D eigenvalue weighted by molar-refractivity contribution is 5.96. The van der Waals surface area contributed by atoms with E-state index in [1.54, 1.807) is 0 Å². The van der Waals surface area contributed by atoms with Gasteiger partial charge in [0.25, 0.3) is 0 Å². The van der Waals surface area contributed by atoms with Crippen molar-refractivity contribution in [3.63, 3.8) is 0 Å². The number of nitrogens with zero attached hydrogens (tertiary/aromatic N) is 1. The van der Waals surface area contributed by atoms with Gasteiger partial charge >= 0.3 is 0 Å². The molecule has 2 heterocycles. The van der Waals surface area contributed by atoms with Gasteiger partial charge in [-0.15, -0.1) is 0 Å². The molecule has 1 aliphatic carbocycles. The van der Waals surface area contributed by atoms with Gasteiger partial charge in [0.15, 0.2) is 0 Å². The average Bonchev–Trinajstić information content (AvgIpc) is 2.68. The van der Waals surface area contributed by atoms with Crippen LogP contribution in [-0.2, 0) is 17.6 Å². The smallest absolute Gasteiger partial charge is 0.230 e. The van der Waals surface area contributed by atoms with Gasteiger partial charge in [0.2, 0.25) is 5.91 Å². The molecular weight excluding hydrogens is 308 g/mol. The topological polar surface area (TPSA) is 32.3 Å². The van der Waals surface area contributed by atoms with Gasteiger partial charge in [0.1, 0.15) is 0 Å². The van der Waals surface area contributed by atoms with Crippen LogP contribution in [0.5, 0.6) is 0 Å². The van der Waals surface area contributed by atoms with Gasteiger partial charge in [-0.3, -0.25) is 4.79 Å². The summed E-state index contributed by atoms with van der Waals surface area (Å²) < 4.78 is 0. The number of carbonyl (C=O) groups excluding carboxylic acids is 1. The third-order valence-corrected chi connectivity index (χ3v) is 6.41. The van der Waals surface area contributed by atoms with Crippen LogP contribution in [0, 0.1) is 11.8 Å². The maximum Gasteiger partial charge on any atom is 0.230 e. The number of anilines is 1. The second-order valence-corrected chi connectivity index (χ2v) is 8.31. The van der Waals surface area contributed by atoms with Crippen molar-refractivity contribution in [2.45, 2.75) is 64.2 Å². The third-order valence-electron chi connectivity index (χ3n) is 6.41. The van der Waals surface area contributed by atoms with E-state index in [9.17, 15) is 4.79 Å². The van der Waals surface area contributed by atoms with Crippen LogP contribution in [0.2, 0.25) is 0 Å². The molecule has 2 fully saturated rings. The number of amides is 1. The van der Waals surface area contributed by atoms with Gasteiger partial charge < -0.3 is 10.2 Å². The molecule has 1 N–H and O–H groups in total. The van der Waals surface area contributed by atoms with Crippen molar-refractivity contribution in [2.24, 2.45) is 11.8 Å². The third kappa shape index (κ3) is 3.92. The second kappa shape index (κ2) is 7.90. The van der Waals surface area contributed by atoms with Crippen molar-refractivity contribution in [1.29, 1.82) is 0 Å². The molecule has 2 aliphatic heterocycles. The Hall–Kier alpha value is -1.35. The Morgan fingerprint density at radius 3 is 2.76 bits per heavy atom. The first-order chi connectivity index (χ1) is 12.3. The van der Waals surface area contributed by atoms with Gasteiger partial charge in [0.05, 0.1) is 0 Å². The van der Waals surface area contributed by atoms with Crippen LogP contribution in [-0.4, -0.2) is 25.5 Å². The Bertz CT molecular complexity index is 600. The van der Waals surface area contributed by atoms with Crippen molar-refractivity contribution < 1.29 is 4.79 Å². The summed E-state index contributed by atoms with van der Waals surface area (Å²) in [4.78, 5) is 15.1. The average molecular weight is 341 g/mol. The molecule has 25 heavy (non-hydrogen) atoms. The number of fused-ring (bicyclic) bond motifs is 1. The minimum absolute atomic E-state index is 0.271. The Balaban J connectivity index is 1.48. The molecule has 1 saturated carbocycles. The van der Waals surface area contributed by atoms with E-state index in [0.29, 0.717) is 5.91 Å². The number of nitrogens with one attached hydrogen (secondary N) is 1. The van der Waals surface area contributed by atoms with Gasteiger partial charge in [-0.1, -0.05) is 31.4 Å². The number of aryl methyl sites for hydroxylation is 1. The lowest BCUT2D eigenvalue weighted by atomic mass is 9.87. The van der Waals surface area contributed by atoms with E-state index in [2.05, 4.69) is 28.4 Å². The number of rotatable bonds is 3. The molecule has 1 atom stereocenters. The Morgan fingerprint density at radius 2 is 1.96 bits per heavy atom. The Morgan fingerprint density at radius 1 is 1.08 bits per heavy atom. The van der Waals surface area contributed by atoms with E-state index in [1.165, 1.54) is 61.9 Å². The lowest BCUT2D eigenvalue weighted by Crippen LogP contribution is -2.40. The second-order valence-electron chi connectivity index (χ2n) is 8.31. The van der Waals surface area contributed by atoms with Gasteiger partial charge in [-0.25, -0.2) is 0 Å².